The first-order valence-corrected chi connectivity index (χ1v) is 8.18. The van der Waals surface area contributed by atoms with Gasteiger partial charge in [0.05, 0.1) is 0 Å². The standard InChI is InChI=1S/C18H27N/c1-3-10-19-18-9-8-13(2)16-11-14-6-4-5-7-15(14)12-17(16)18/h11-13,18-19H,3-10H2,1-2H3. The molecule has 1 nitrogen and oxygen atoms in total. The van der Waals surface area contributed by atoms with E-state index in [2.05, 4.69) is 31.3 Å². The maximum atomic E-state index is 3.75. The number of rotatable bonds is 3. The average Bonchev–Trinajstić information content (AvgIpc) is 2.45. The van der Waals surface area contributed by atoms with Crippen LogP contribution in [0.2, 0.25) is 0 Å². The van der Waals surface area contributed by atoms with Crippen LogP contribution in [-0.2, 0) is 12.8 Å². The van der Waals surface area contributed by atoms with Crippen molar-refractivity contribution in [2.24, 2.45) is 0 Å². The van der Waals surface area contributed by atoms with Gasteiger partial charge in [0.15, 0.2) is 0 Å². The lowest BCUT2D eigenvalue weighted by atomic mass is 9.77. The summed E-state index contributed by atoms with van der Waals surface area (Å²) < 4.78 is 0. The molecule has 0 saturated carbocycles. The highest BCUT2D eigenvalue weighted by atomic mass is 14.9. The summed E-state index contributed by atoms with van der Waals surface area (Å²) in [6.07, 6.45) is 9.26. The zero-order valence-electron chi connectivity index (χ0n) is 12.5. The molecule has 3 rings (SSSR count). The highest BCUT2D eigenvalue weighted by Gasteiger charge is 2.26. The van der Waals surface area contributed by atoms with Crippen LogP contribution in [0.5, 0.6) is 0 Å². The van der Waals surface area contributed by atoms with Crippen LogP contribution in [0.1, 0.15) is 80.2 Å². The third kappa shape index (κ3) is 2.58. The van der Waals surface area contributed by atoms with Crippen LogP contribution < -0.4 is 5.32 Å². The maximum absolute atomic E-state index is 3.75. The molecular formula is C18H27N. The van der Waals surface area contributed by atoms with Crippen LogP contribution in [0, 0.1) is 0 Å². The fourth-order valence-electron chi connectivity index (χ4n) is 3.81. The average molecular weight is 257 g/mol. The molecule has 19 heavy (non-hydrogen) atoms. The van der Waals surface area contributed by atoms with E-state index in [0.29, 0.717) is 6.04 Å². The molecule has 0 radical (unpaired) electrons. The van der Waals surface area contributed by atoms with Gasteiger partial charge >= 0.3 is 0 Å². The molecule has 2 aliphatic rings. The number of nitrogens with one attached hydrogen (secondary N) is 1. The Morgan fingerprint density at radius 1 is 1.05 bits per heavy atom. The molecule has 1 heteroatoms. The quantitative estimate of drug-likeness (QED) is 0.840. The summed E-state index contributed by atoms with van der Waals surface area (Å²) in [5.74, 6) is 0.752. The third-order valence-electron chi connectivity index (χ3n) is 4.98. The molecule has 104 valence electrons. The van der Waals surface area contributed by atoms with Crippen LogP contribution >= 0.6 is 0 Å². The Labute approximate surface area is 117 Å². The van der Waals surface area contributed by atoms with Crippen molar-refractivity contribution < 1.29 is 0 Å². The smallest absolute Gasteiger partial charge is 0.0323 e. The number of benzene rings is 1. The highest BCUT2D eigenvalue weighted by Crippen LogP contribution is 2.40. The van der Waals surface area contributed by atoms with Gasteiger partial charge in [-0.2, -0.15) is 0 Å². The molecule has 0 bridgehead atoms. The SMILES string of the molecule is CCCNC1CCC(C)c2cc3c(cc21)CCCC3. The second-order valence-electron chi connectivity index (χ2n) is 6.44. The Hall–Kier alpha value is -0.820. The van der Waals surface area contributed by atoms with Crippen LogP contribution in [0.4, 0.5) is 0 Å². The molecule has 2 atom stereocenters. The monoisotopic (exact) mass is 257 g/mol. The van der Waals surface area contributed by atoms with E-state index in [0.717, 1.165) is 12.5 Å². The normalized spacial score (nSPS) is 25.8. The van der Waals surface area contributed by atoms with Gasteiger partial charge < -0.3 is 5.32 Å². The predicted octanol–water partition coefficient (Wildman–Crippen LogP) is 4.50. The molecular weight excluding hydrogens is 230 g/mol. The largest absolute Gasteiger partial charge is 0.310 e. The molecule has 2 aliphatic carbocycles. The second kappa shape index (κ2) is 5.66. The Morgan fingerprint density at radius 3 is 2.42 bits per heavy atom. The van der Waals surface area contributed by atoms with Gasteiger partial charge in [-0.3, -0.25) is 0 Å². The van der Waals surface area contributed by atoms with E-state index < -0.39 is 0 Å². The summed E-state index contributed by atoms with van der Waals surface area (Å²) in [7, 11) is 0. The molecule has 1 N–H and O–H groups in total. The van der Waals surface area contributed by atoms with E-state index in [1.54, 1.807) is 22.3 Å². The van der Waals surface area contributed by atoms with Crippen LogP contribution in [0.15, 0.2) is 12.1 Å². The third-order valence-corrected chi connectivity index (χ3v) is 4.98. The summed E-state index contributed by atoms with van der Waals surface area (Å²) in [6, 6.07) is 5.71. The Kier molecular flexibility index (Phi) is 3.93. The summed E-state index contributed by atoms with van der Waals surface area (Å²) in [4.78, 5) is 0. The fraction of sp³-hybridized carbons (Fsp3) is 0.667. The van der Waals surface area contributed by atoms with Gasteiger partial charge in [-0.05, 0) is 79.7 Å². The van der Waals surface area contributed by atoms with Gasteiger partial charge in [0.2, 0.25) is 0 Å². The topological polar surface area (TPSA) is 12.0 Å². The van der Waals surface area contributed by atoms with Crippen molar-refractivity contribution in [3.05, 3.63) is 34.4 Å². The Morgan fingerprint density at radius 2 is 1.74 bits per heavy atom. The molecule has 0 aromatic heterocycles. The Balaban J connectivity index is 1.95. The summed E-state index contributed by atoms with van der Waals surface area (Å²) in [5, 5.41) is 3.75. The molecule has 0 fully saturated rings. The van der Waals surface area contributed by atoms with E-state index in [-0.39, 0.29) is 0 Å². The van der Waals surface area contributed by atoms with Crippen molar-refractivity contribution in [1.29, 1.82) is 0 Å². The van der Waals surface area contributed by atoms with Gasteiger partial charge in [0.25, 0.3) is 0 Å². The lowest BCUT2D eigenvalue weighted by Crippen LogP contribution is -2.27. The molecule has 0 amide bonds. The van der Waals surface area contributed by atoms with E-state index in [1.807, 2.05) is 0 Å². The van der Waals surface area contributed by atoms with Gasteiger partial charge in [-0.25, -0.2) is 0 Å². The molecule has 0 aliphatic heterocycles. The van der Waals surface area contributed by atoms with Crippen molar-refractivity contribution in [1.82, 2.24) is 5.32 Å². The minimum absolute atomic E-state index is 0.610. The molecule has 1 aromatic carbocycles. The maximum Gasteiger partial charge on any atom is 0.0323 e. The number of fused-ring (bicyclic) bond motifs is 2. The summed E-state index contributed by atoms with van der Waals surface area (Å²) in [6.45, 7) is 5.81. The number of hydrogen-bond acceptors (Lipinski definition) is 1. The van der Waals surface area contributed by atoms with Crippen molar-refractivity contribution in [2.75, 3.05) is 6.54 Å². The van der Waals surface area contributed by atoms with E-state index in [1.165, 1.54) is 44.9 Å². The van der Waals surface area contributed by atoms with Gasteiger partial charge in [-0.1, -0.05) is 26.0 Å². The van der Waals surface area contributed by atoms with Crippen molar-refractivity contribution in [3.63, 3.8) is 0 Å². The first-order chi connectivity index (χ1) is 9.29. The molecule has 1 aromatic rings. The van der Waals surface area contributed by atoms with Crippen molar-refractivity contribution in [2.45, 2.75) is 70.8 Å². The Bertz CT molecular complexity index is 449. The van der Waals surface area contributed by atoms with E-state index in [4.69, 9.17) is 0 Å². The summed E-state index contributed by atoms with van der Waals surface area (Å²) in [5.41, 5.74) is 6.55. The molecule has 0 heterocycles. The molecule has 0 spiro atoms. The van der Waals surface area contributed by atoms with Crippen LogP contribution in [0.25, 0.3) is 0 Å². The van der Waals surface area contributed by atoms with Crippen LogP contribution in [-0.4, -0.2) is 6.54 Å². The van der Waals surface area contributed by atoms with Gasteiger partial charge in [-0.15, -0.1) is 0 Å². The van der Waals surface area contributed by atoms with E-state index >= 15 is 0 Å². The number of aryl methyl sites for hydroxylation is 2. The van der Waals surface area contributed by atoms with Gasteiger partial charge in [0.1, 0.15) is 0 Å². The second-order valence-corrected chi connectivity index (χ2v) is 6.44. The van der Waals surface area contributed by atoms with E-state index in [9.17, 15) is 0 Å². The van der Waals surface area contributed by atoms with Crippen molar-refractivity contribution in [3.8, 4) is 0 Å². The predicted molar refractivity (Wildman–Crippen MR) is 81.8 cm³/mol. The zero-order chi connectivity index (χ0) is 13.2. The first kappa shape index (κ1) is 13.2. The zero-order valence-corrected chi connectivity index (χ0v) is 12.5. The van der Waals surface area contributed by atoms with Crippen molar-refractivity contribution >= 4 is 0 Å². The lowest BCUT2D eigenvalue weighted by Gasteiger charge is -2.33. The molecule has 2 unspecified atom stereocenters. The fourth-order valence-corrected chi connectivity index (χ4v) is 3.81. The molecule has 0 saturated heterocycles. The summed E-state index contributed by atoms with van der Waals surface area (Å²) >= 11 is 0. The highest BCUT2D eigenvalue weighted by molar-refractivity contribution is 5.44. The first-order valence-electron chi connectivity index (χ1n) is 8.18. The lowest BCUT2D eigenvalue weighted by molar-refractivity contribution is 0.431. The van der Waals surface area contributed by atoms with Gasteiger partial charge in [0, 0.05) is 6.04 Å². The van der Waals surface area contributed by atoms with Crippen LogP contribution in [0.3, 0.4) is 0 Å². The minimum Gasteiger partial charge on any atom is -0.310 e. The number of hydrogen-bond donors (Lipinski definition) is 1. The minimum atomic E-state index is 0.610.